The molecule has 0 aliphatic carbocycles. The van der Waals surface area contributed by atoms with Gasteiger partial charge in [0.15, 0.2) is 0 Å². The van der Waals surface area contributed by atoms with Gasteiger partial charge in [-0.2, -0.15) is 5.26 Å². The van der Waals surface area contributed by atoms with E-state index in [9.17, 15) is 14.9 Å². The topological polar surface area (TPSA) is 120 Å². The normalized spacial score (nSPS) is 18.4. The summed E-state index contributed by atoms with van der Waals surface area (Å²) < 4.78 is 0. The summed E-state index contributed by atoms with van der Waals surface area (Å²) in [5.74, 6) is -1.34. The summed E-state index contributed by atoms with van der Waals surface area (Å²) >= 11 is 0. The highest BCUT2D eigenvalue weighted by atomic mass is 16.6. The van der Waals surface area contributed by atoms with Crippen LogP contribution in [0.3, 0.4) is 0 Å². The Labute approximate surface area is 114 Å². The van der Waals surface area contributed by atoms with Crippen LogP contribution in [0, 0.1) is 27.4 Å². The first kappa shape index (κ1) is 13.7. The third-order valence-corrected chi connectivity index (χ3v) is 3.24. The minimum atomic E-state index is -0.911. The fourth-order valence-corrected chi connectivity index (χ4v) is 2.26. The summed E-state index contributed by atoms with van der Waals surface area (Å²) in [5.41, 5.74) is -0.165. The lowest BCUT2D eigenvalue weighted by atomic mass is 9.98. The molecule has 1 aromatic rings. The number of anilines is 1. The summed E-state index contributed by atoms with van der Waals surface area (Å²) in [6.07, 6.45) is 2.44. The van der Waals surface area contributed by atoms with Gasteiger partial charge in [0, 0.05) is 25.4 Å². The van der Waals surface area contributed by atoms with Crippen LogP contribution in [0.5, 0.6) is 0 Å². The molecule has 104 valence electrons. The van der Waals surface area contributed by atoms with Gasteiger partial charge in [0.05, 0.1) is 16.4 Å². The van der Waals surface area contributed by atoms with Crippen LogP contribution in [0.2, 0.25) is 0 Å². The number of nitrogens with zero attached hydrogens (tertiary/aromatic N) is 4. The molecular formula is C12H12N4O4. The largest absolute Gasteiger partial charge is 0.481 e. The minimum Gasteiger partial charge on any atom is -0.481 e. The second-order valence-electron chi connectivity index (χ2n) is 4.56. The maximum Gasteiger partial charge on any atom is 0.312 e. The molecule has 1 unspecified atom stereocenters. The van der Waals surface area contributed by atoms with Crippen molar-refractivity contribution in [1.29, 1.82) is 5.26 Å². The van der Waals surface area contributed by atoms with Crippen molar-refractivity contribution in [1.82, 2.24) is 4.98 Å². The van der Waals surface area contributed by atoms with Gasteiger partial charge in [0.25, 0.3) is 0 Å². The molecule has 1 atom stereocenters. The van der Waals surface area contributed by atoms with Gasteiger partial charge in [-0.05, 0) is 12.8 Å². The number of nitro groups is 1. The van der Waals surface area contributed by atoms with E-state index in [-0.39, 0.29) is 23.6 Å². The average molecular weight is 276 g/mol. The highest BCUT2D eigenvalue weighted by Gasteiger charge is 2.30. The molecule has 0 aromatic carbocycles. The van der Waals surface area contributed by atoms with E-state index in [4.69, 9.17) is 10.4 Å². The molecule has 1 aliphatic rings. The van der Waals surface area contributed by atoms with Crippen molar-refractivity contribution >= 4 is 17.5 Å². The van der Waals surface area contributed by atoms with Gasteiger partial charge in [-0.25, -0.2) is 4.98 Å². The van der Waals surface area contributed by atoms with Crippen LogP contribution < -0.4 is 4.90 Å². The number of nitriles is 1. The molecule has 2 rings (SSSR count). The van der Waals surface area contributed by atoms with Gasteiger partial charge in [0.2, 0.25) is 5.82 Å². The van der Waals surface area contributed by atoms with Crippen LogP contribution in [0.1, 0.15) is 18.4 Å². The number of carboxylic acid groups (broad SMARTS) is 1. The smallest absolute Gasteiger partial charge is 0.312 e. The van der Waals surface area contributed by atoms with E-state index >= 15 is 0 Å². The number of carboxylic acids is 1. The molecule has 0 bridgehead atoms. The Bertz CT molecular complexity index is 596. The highest BCUT2D eigenvalue weighted by molar-refractivity contribution is 5.72. The zero-order valence-corrected chi connectivity index (χ0v) is 10.5. The van der Waals surface area contributed by atoms with Crippen LogP contribution in [-0.4, -0.2) is 34.1 Å². The molecule has 20 heavy (non-hydrogen) atoms. The Balaban J connectivity index is 2.34. The Kier molecular flexibility index (Phi) is 3.79. The number of piperidine rings is 1. The van der Waals surface area contributed by atoms with E-state index in [0.29, 0.717) is 19.4 Å². The van der Waals surface area contributed by atoms with E-state index in [0.717, 1.165) is 6.07 Å². The first-order valence-corrected chi connectivity index (χ1v) is 6.05. The van der Waals surface area contributed by atoms with Crippen molar-refractivity contribution in [3.05, 3.63) is 27.9 Å². The van der Waals surface area contributed by atoms with E-state index in [1.165, 1.54) is 6.20 Å². The quantitative estimate of drug-likeness (QED) is 0.649. The SMILES string of the molecule is N#Cc1cnc(N2CCCC(C(=O)O)C2)c([N+](=O)[O-])c1. The lowest BCUT2D eigenvalue weighted by Crippen LogP contribution is -2.39. The van der Waals surface area contributed by atoms with Crippen LogP contribution in [0.25, 0.3) is 0 Å². The summed E-state index contributed by atoms with van der Waals surface area (Å²) in [4.78, 5) is 27.0. The molecule has 8 nitrogen and oxygen atoms in total. The van der Waals surface area contributed by atoms with Crippen LogP contribution >= 0.6 is 0 Å². The molecule has 0 radical (unpaired) electrons. The maximum absolute atomic E-state index is 11.1. The standard InChI is InChI=1S/C12H12N4O4/c13-5-8-4-10(16(19)20)11(14-6-8)15-3-1-2-9(7-15)12(17)18/h4,6,9H,1-3,7H2,(H,17,18). The van der Waals surface area contributed by atoms with Gasteiger partial charge >= 0.3 is 11.7 Å². The lowest BCUT2D eigenvalue weighted by molar-refractivity contribution is -0.384. The number of pyridine rings is 1. The van der Waals surface area contributed by atoms with Crippen molar-refractivity contribution in [2.45, 2.75) is 12.8 Å². The second-order valence-corrected chi connectivity index (χ2v) is 4.56. The number of rotatable bonds is 3. The first-order chi connectivity index (χ1) is 9.52. The molecule has 2 heterocycles. The maximum atomic E-state index is 11.1. The first-order valence-electron chi connectivity index (χ1n) is 6.05. The third-order valence-electron chi connectivity index (χ3n) is 3.24. The molecule has 0 amide bonds. The minimum absolute atomic E-state index is 0.104. The van der Waals surface area contributed by atoms with Crippen molar-refractivity contribution in [2.24, 2.45) is 5.92 Å². The number of carbonyl (C=O) groups is 1. The molecule has 1 saturated heterocycles. The molecule has 8 heteroatoms. The van der Waals surface area contributed by atoms with Crippen LogP contribution in [-0.2, 0) is 4.79 Å². The molecule has 1 fully saturated rings. The zero-order chi connectivity index (χ0) is 14.7. The molecule has 1 aliphatic heterocycles. The average Bonchev–Trinajstić information content (AvgIpc) is 2.46. The fraction of sp³-hybridized carbons (Fsp3) is 0.417. The lowest BCUT2D eigenvalue weighted by Gasteiger charge is -2.31. The van der Waals surface area contributed by atoms with Crippen molar-refractivity contribution in [2.75, 3.05) is 18.0 Å². The molecule has 0 saturated carbocycles. The number of hydrogen-bond acceptors (Lipinski definition) is 6. The molecule has 1 N–H and O–H groups in total. The fourth-order valence-electron chi connectivity index (χ4n) is 2.26. The van der Waals surface area contributed by atoms with Gasteiger partial charge < -0.3 is 10.0 Å². The molecule has 1 aromatic heterocycles. The van der Waals surface area contributed by atoms with E-state index in [1.54, 1.807) is 11.0 Å². The van der Waals surface area contributed by atoms with E-state index in [2.05, 4.69) is 4.98 Å². The van der Waals surface area contributed by atoms with Crippen LogP contribution in [0.4, 0.5) is 11.5 Å². The van der Waals surface area contributed by atoms with Crippen LogP contribution in [0.15, 0.2) is 12.3 Å². The Hall–Kier alpha value is -2.69. The van der Waals surface area contributed by atoms with E-state index in [1.807, 2.05) is 0 Å². The molecule has 0 spiro atoms. The van der Waals surface area contributed by atoms with Gasteiger partial charge in [-0.1, -0.05) is 0 Å². The Morgan fingerprint density at radius 1 is 1.65 bits per heavy atom. The van der Waals surface area contributed by atoms with Gasteiger partial charge in [-0.15, -0.1) is 0 Å². The summed E-state index contributed by atoms with van der Waals surface area (Å²) in [5, 5.41) is 28.9. The van der Waals surface area contributed by atoms with Gasteiger partial charge in [0.1, 0.15) is 6.07 Å². The van der Waals surface area contributed by atoms with Crippen molar-refractivity contribution in [3.63, 3.8) is 0 Å². The summed E-state index contributed by atoms with van der Waals surface area (Å²) in [7, 11) is 0. The predicted octanol–water partition coefficient (Wildman–Crippen LogP) is 1.16. The van der Waals surface area contributed by atoms with Crippen molar-refractivity contribution < 1.29 is 14.8 Å². The zero-order valence-electron chi connectivity index (χ0n) is 10.5. The summed E-state index contributed by atoms with van der Waals surface area (Å²) in [6.45, 7) is 0.707. The highest BCUT2D eigenvalue weighted by Crippen LogP contribution is 2.30. The predicted molar refractivity (Wildman–Crippen MR) is 68.2 cm³/mol. The van der Waals surface area contributed by atoms with Gasteiger partial charge in [-0.3, -0.25) is 14.9 Å². The number of hydrogen-bond donors (Lipinski definition) is 1. The van der Waals surface area contributed by atoms with E-state index < -0.39 is 16.8 Å². The van der Waals surface area contributed by atoms with Crippen molar-refractivity contribution in [3.8, 4) is 6.07 Å². The Morgan fingerprint density at radius 3 is 3.00 bits per heavy atom. The molecular weight excluding hydrogens is 264 g/mol. The monoisotopic (exact) mass is 276 g/mol. The summed E-state index contributed by atoms with van der Waals surface area (Å²) in [6, 6.07) is 2.96. The third kappa shape index (κ3) is 2.66. The second kappa shape index (κ2) is 5.52. The number of aromatic nitrogens is 1. The Morgan fingerprint density at radius 2 is 2.40 bits per heavy atom. The number of aliphatic carboxylic acids is 1.